The van der Waals surface area contributed by atoms with Crippen molar-refractivity contribution in [1.29, 1.82) is 0 Å². The molecule has 7 nitrogen and oxygen atoms in total. The summed E-state index contributed by atoms with van der Waals surface area (Å²) in [7, 11) is 0. The number of nitrogens with two attached hydrogens (primary N) is 1. The molecule has 3 N–H and O–H groups in total. The summed E-state index contributed by atoms with van der Waals surface area (Å²) in [5.74, 6) is 6.61. The van der Waals surface area contributed by atoms with Gasteiger partial charge in [-0.1, -0.05) is 17.0 Å². The maximum absolute atomic E-state index is 14.6. The molecule has 2 aliphatic heterocycles. The molecule has 1 atom stereocenters. The number of primary amides is 1. The van der Waals surface area contributed by atoms with E-state index in [1.807, 2.05) is 6.92 Å². The van der Waals surface area contributed by atoms with Gasteiger partial charge in [0.05, 0.1) is 17.5 Å². The van der Waals surface area contributed by atoms with E-state index in [2.05, 4.69) is 31.1 Å². The number of nitrogens with zero attached hydrogens (tertiary/aromatic N) is 3. The lowest BCUT2D eigenvalue weighted by atomic mass is 9.75. The van der Waals surface area contributed by atoms with Crippen molar-refractivity contribution < 1.29 is 18.8 Å². The second kappa shape index (κ2) is 8.16. The Morgan fingerprint density at radius 1 is 1.33 bits per heavy atom. The molecular weight excluding hydrogens is 423 g/mol. The lowest BCUT2D eigenvalue weighted by Crippen LogP contribution is -2.25. The number of carbonyl (C=O) groups excluding carboxylic acids is 1. The van der Waals surface area contributed by atoms with Crippen molar-refractivity contribution in [1.82, 2.24) is 14.7 Å². The first kappa shape index (κ1) is 21.4. The van der Waals surface area contributed by atoms with Crippen molar-refractivity contribution in [2.75, 3.05) is 0 Å². The number of imidazole rings is 1. The lowest BCUT2D eigenvalue weighted by molar-refractivity contribution is 0.0994. The van der Waals surface area contributed by atoms with Gasteiger partial charge in [-0.05, 0) is 63.1 Å². The van der Waals surface area contributed by atoms with E-state index in [9.17, 15) is 14.3 Å². The van der Waals surface area contributed by atoms with E-state index in [-0.39, 0.29) is 17.4 Å². The number of rotatable bonds is 2. The van der Waals surface area contributed by atoms with Crippen LogP contribution in [0, 0.1) is 24.6 Å². The fourth-order valence-corrected chi connectivity index (χ4v) is 4.66. The highest BCUT2D eigenvalue weighted by atomic mass is 19.1. The van der Waals surface area contributed by atoms with Crippen molar-refractivity contribution in [3.8, 4) is 23.2 Å². The monoisotopic (exact) mass is 448 g/mol. The van der Waals surface area contributed by atoms with Crippen molar-refractivity contribution in [3.05, 3.63) is 58.5 Å². The summed E-state index contributed by atoms with van der Waals surface area (Å²) in [6, 6.07) is 5.35. The van der Waals surface area contributed by atoms with Gasteiger partial charge in [0.15, 0.2) is 0 Å². The minimum absolute atomic E-state index is 0.233. The molecule has 170 valence electrons. The maximum atomic E-state index is 14.6. The molecule has 0 radical (unpaired) electrons. The van der Waals surface area contributed by atoms with Crippen LogP contribution in [0.25, 0.3) is 11.4 Å². The highest BCUT2D eigenvalue weighted by Gasteiger charge is 2.44. The van der Waals surface area contributed by atoms with E-state index in [0.29, 0.717) is 23.4 Å². The number of amides is 1. The zero-order chi connectivity index (χ0) is 23.3. The minimum Gasteiger partial charge on any atom is -0.381 e. The Morgan fingerprint density at radius 2 is 2.09 bits per heavy atom. The average Bonchev–Trinajstić information content (AvgIpc) is 3.39. The summed E-state index contributed by atoms with van der Waals surface area (Å²) >= 11 is 0. The smallest absolute Gasteiger partial charge is 0.269 e. The second-order valence-corrected chi connectivity index (χ2v) is 8.99. The first-order valence-electron chi connectivity index (χ1n) is 11.2. The SMILES string of the molecule is CC(O)C#Cc1cc2c(cc1F)C1CC(C1)n1c-2nc(C(N)=O)c1C1CC1.Cc1ccno1. The van der Waals surface area contributed by atoms with E-state index in [4.69, 9.17) is 5.73 Å². The Morgan fingerprint density at radius 3 is 2.64 bits per heavy atom. The molecule has 4 aliphatic rings. The number of halogens is 1. The minimum atomic E-state index is -0.832. The van der Waals surface area contributed by atoms with E-state index in [0.717, 1.165) is 48.3 Å². The zero-order valence-corrected chi connectivity index (χ0v) is 18.5. The van der Waals surface area contributed by atoms with E-state index in [1.165, 1.54) is 6.92 Å². The summed E-state index contributed by atoms with van der Waals surface area (Å²) in [5, 5.41) is 12.8. The number of hydrogen-bond acceptors (Lipinski definition) is 5. The van der Waals surface area contributed by atoms with Crippen LogP contribution in [0.3, 0.4) is 0 Å². The van der Waals surface area contributed by atoms with Crippen molar-refractivity contribution >= 4 is 5.91 Å². The second-order valence-electron chi connectivity index (χ2n) is 8.99. The van der Waals surface area contributed by atoms with Crippen molar-refractivity contribution in [2.24, 2.45) is 5.73 Å². The fraction of sp³-hybridized carbons (Fsp3) is 0.400. The van der Waals surface area contributed by atoms with Gasteiger partial charge in [-0.2, -0.15) is 0 Å². The van der Waals surface area contributed by atoms with Gasteiger partial charge in [0.2, 0.25) is 0 Å². The third kappa shape index (κ3) is 3.93. The predicted octanol–water partition coefficient (Wildman–Crippen LogP) is 3.81. The molecule has 0 saturated heterocycles. The van der Waals surface area contributed by atoms with Crippen LogP contribution >= 0.6 is 0 Å². The molecule has 33 heavy (non-hydrogen) atoms. The Labute approximate surface area is 190 Å². The first-order chi connectivity index (χ1) is 15.8. The molecular formula is C25H25FN4O3. The third-order valence-corrected chi connectivity index (χ3v) is 6.43. The van der Waals surface area contributed by atoms with Crippen molar-refractivity contribution in [2.45, 2.75) is 63.5 Å². The van der Waals surface area contributed by atoms with E-state index < -0.39 is 12.0 Å². The fourth-order valence-electron chi connectivity index (χ4n) is 4.66. The van der Waals surface area contributed by atoms with E-state index in [1.54, 1.807) is 24.4 Å². The molecule has 0 spiro atoms. The Bertz CT molecular complexity index is 1270. The standard InChI is InChI=1S/C21H20FN3O2.C4H5NO/c1-10(26)2-3-12-8-16-15(9-17(12)22)13-6-14(7-13)25-19(11-4-5-11)18(20(23)27)24-21(16)25;1-4-2-3-5-6-4/h8-11,13-14,26H,4-7H2,1H3,(H2,23,27);2-3H,1H3. The van der Waals surface area contributed by atoms with Gasteiger partial charge >= 0.3 is 0 Å². The molecule has 1 aromatic carbocycles. The van der Waals surface area contributed by atoms with Crippen LogP contribution in [0.5, 0.6) is 0 Å². The normalized spacial score (nSPS) is 20.6. The van der Waals surface area contributed by atoms with Crippen molar-refractivity contribution in [3.63, 3.8) is 0 Å². The first-order valence-corrected chi connectivity index (χ1v) is 11.2. The lowest BCUT2D eigenvalue weighted by Gasteiger charge is -2.35. The Balaban J connectivity index is 0.000000332. The highest BCUT2D eigenvalue weighted by Crippen LogP contribution is 2.55. The maximum Gasteiger partial charge on any atom is 0.269 e. The predicted molar refractivity (Wildman–Crippen MR) is 119 cm³/mol. The Hall–Kier alpha value is -3.44. The zero-order valence-electron chi connectivity index (χ0n) is 18.5. The Kier molecular flexibility index (Phi) is 5.29. The average molecular weight is 448 g/mol. The quantitative estimate of drug-likeness (QED) is 0.580. The number of carbonyl (C=O) groups is 1. The van der Waals surface area contributed by atoms with Gasteiger partial charge in [0.25, 0.3) is 5.91 Å². The van der Waals surface area contributed by atoms with Crippen LogP contribution < -0.4 is 5.73 Å². The van der Waals surface area contributed by atoms with Crippen LogP contribution in [0.1, 0.15) is 83.6 Å². The molecule has 1 unspecified atom stereocenters. The van der Waals surface area contributed by atoms with Gasteiger partial charge in [0, 0.05) is 23.6 Å². The molecule has 2 saturated carbocycles. The number of benzene rings is 1. The van der Waals surface area contributed by atoms with Crippen LogP contribution in [0.4, 0.5) is 4.39 Å². The van der Waals surface area contributed by atoms with Crippen LogP contribution in [0.15, 0.2) is 28.9 Å². The number of aryl methyl sites for hydroxylation is 1. The van der Waals surface area contributed by atoms with Crippen LogP contribution in [-0.4, -0.2) is 31.8 Å². The van der Waals surface area contributed by atoms with Gasteiger partial charge in [-0.3, -0.25) is 4.79 Å². The van der Waals surface area contributed by atoms with Gasteiger partial charge in [-0.25, -0.2) is 9.37 Å². The summed E-state index contributed by atoms with van der Waals surface area (Å²) < 4.78 is 21.4. The molecule has 2 fully saturated rings. The van der Waals surface area contributed by atoms with Gasteiger partial charge < -0.3 is 19.9 Å². The number of aromatic nitrogens is 3. The van der Waals surface area contributed by atoms with Gasteiger partial charge in [-0.15, -0.1) is 0 Å². The molecule has 7 rings (SSSR count). The summed E-state index contributed by atoms with van der Waals surface area (Å²) in [6.45, 7) is 3.39. The van der Waals surface area contributed by atoms with Gasteiger partial charge in [0.1, 0.15) is 29.2 Å². The summed E-state index contributed by atoms with van der Waals surface area (Å²) in [4.78, 5) is 16.6. The van der Waals surface area contributed by atoms with Crippen LogP contribution in [0.2, 0.25) is 0 Å². The number of aliphatic hydroxyl groups excluding tert-OH is 1. The molecule has 4 heterocycles. The molecule has 1 amide bonds. The summed E-state index contributed by atoms with van der Waals surface area (Å²) in [6.07, 6.45) is 4.72. The summed E-state index contributed by atoms with van der Waals surface area (Å²) in [5.41, 5.74) is 8.91. The molecule has 2 aliphatic carbocycles. The van der Waals surface area contributed by atoms with Crippen LogP contribution in [-0.2, 0) is 0 Å². The van der Waals surface area contributed by atoms with E-state index >= 15 is 0 Å². The molecule has 3 aromatic rings. The molecule has 2 bridgehead atoms. The number of hydrogen-bond donors (Lipinski definition) is 2. The largest absolute Gasteiger partial charge is 0.381 e. The topological polar surface area (TPSA) is 107 Å². The molecule has 8 heteroatoms. The third-order valence-electron chi connectivity index (χ3n) is 6.43. The molecule has 2 aromatic heterocycles. The highest BCUT2D eigenvalue weighted by molar-refractivity contribution is 5.93. The number of aliphatic hydroxyl groups is 1.